The predicted octanol–water partition coefficient (Wildman–Crippen LogP) is 6.53. The molecule has 0 amide bonds. The van der Waals surface area contributed by atoms with Gasteiger partial charge in [-0.3, -0.25) is 9.78 Å². The second kappa shape index (κ2) is 7.60. The molecule has 0 bridgehead atoms. The minimum atomic E-state index is -0.118. The number of hydrogen-bond donors (Lipinski definition) is 0. The van der Waals surface area contributed by atoms with Crippen LogP contribution >= 0.6 is 0 Å². The maximum Gasteiger partial charge on any atom is 0.302 e. The highest BCUT2D eigenvalue weighted by atomic mass is 16.5. The molecule has 31 heavy (non-hydrogen) atoms. The van der Waals surface area contributed by atoms with Gasteiger partial charge in [0.1, 0.15) is 6.10 Å². The zero-order chi connectivity index (χ0) is 21.8. The van der Waals surface area contributed by atoms with Crippen LogP contribution in [0.15, 0.2) is 36.2 Å². The van der Waals surface area contributed by atoms with Crippen molar-refractivity contribution in [3.8, 4) is 0 Å². The number of ether oxygens (including phenoxy) is 1. The van der Waals surface area contributed by atoms with Gasteiger partial charge in [0.2, 0.25) is 0 Å². The Labute approximate surface area is 187 Å². The molecule has 0 aliphatic heterocycles. The van der Waals surface area contributed by atoms with E-state index in [4.69, 9.17) is 4.74 Å². The first kappa shape index (κ1) is 21.0. The lowest BCUT2D eigenvalue weighted by molar-refractivity contribution is -0.154. The summed E-state index contributed by atoms with van der Waals surface area (Å²) in [5.74, 6) is 2.03. The highest BCUT2D eigenvalue weighted by Crippen LogP contribution is 2.66. The smallest absolute Gasteiger partial charge is 0.302 e. The number of pyridine rings is 1. The van der Waals surface area contributed by atoms with E-state index in [9.17, 15) is 4.79 Å². The van der Waals surface area contributed by atoms with E-state index < -0.39 is 0 Å². The lowest BCUT2D eigenvalue weighted by Crippen LogP contribution is -2.51. The summed E-state index contributed by atoms with van der Waals surface area (Å²) in [5, 5.41) is 0. The van der Waals surface area contributed by atoms with Crippen LogP contribution in [0.4, 0.5) is 0 Å². The maximum absolute atomic E-state index is 11.5. The number of carbonyl (C=O) groups is 1. The third-order valence-corrected chi connectivity index (χ3v) is 9.57. The summed E-state index contributed by atoms with van der Waals surface area (Å²) >= 11 is 0. The van der Waals surface area contributed by atoms with Gasteiger partial charge in [-0.1, -0.05) is 38.5 Å². The van der Waals surface area contributed by atoms with Gasteiger partial charge in [-0.25, -0.2) is 0 Å². The number of hydrogen-bond acceptors (Lipinski definition) is 3. The van der Waals surface area contributed by atoms with Crippen LogP contribution in [0.25, 0.3) is 5.57 Å². The van der Waals surface area contributed by atoms with Crippen LogP contribution in [0.5, 0.6) is 0 Å². The first-order valence-electron chi connectivity index (χ1n) is 12.4. The van der Waals surface area contributed by atoms with Gasteiger partial charge in [0.15, 0.2) is 0 Å². The molecule has 4 aliphatic carbocycles. The van der Waals surface area contributed by atoms with E-state index in [0.717, 1.165) is 25.2 Å². The number of esters is 1. The maximum atomic E-state index is 11.5. The van der Waals surface area contributed by atoms with E-state index >= 15 is 0 Å². The first-order valence-corrected chi connectivity index (χ1v) is 12.4. The monoisotopic (exact) mass is 419 g/mol. The van der Waals surface area contributed by atoms with Crippen LogP contribution < -0.4 is 0 Å². The van der Waals surface area contributed by atoms with Crippen molar-refractivity contribution in [3.05, 3.63) is 47.3 Å². The highest BCUT2D eigenvalue weighted by Gasteiger charge is 2.56. The molecule has 1 heterocycles. The fourth-order valence-electron chi connectivity index (χ4n) is 7.92. The molecule has 0 saturated heterocycles. The Kier molecular flexibility index (Phi) is 5.14. The number of carbonyl (C=O) groups excluding carboxylic acids is 1. The number of allylic oxidation sites excluding steroid dienone is 4. The summed E-state index contributed by atoms with van der Waals surface area (Å²) in [6.45, 7) is 8.85. The zero-order valence-electron chi connectivity index (χ0n) is 19.6. The molecular weight excluding hydrogens is 382 g/mol. The standard InChI is InChI=1S/C28H37NO2/c1-5-19-12-15-29-17-23(19)25-9-8-24-22-7-6-20-16-21(31-18(2)30)10-13-27(20,3)26(22)11-14-28(24,25)4/h8-9,12,15,17,20-22,26H,5-7,10-11,13-14,16H2,1-4H3/t20?,21-,22?,26?,27-,28-/m0/s1. The van der Waals surface area contributed by atoms with E-state index in [1.54, 1.807) is 12.5 Å². The van der Waals surface area contributed by atoms with E-state index in [0.29, 0.717) is 17.3 Å². The number of aromatic nitrogens is 1. The fourth-order valence-corrected chi connectivity index (χ4v) is 7.92. The van der Waals surface area contributed by atoms with Crippen LogP contribution in [0, 0.1) is 28.6 Å². The second-order valence-corrected chi connectivity index (χ2v) is 11.0. The first-order chi connectivity index (χ1) is 14.9. The molecule has 3 unspecified atom stereocenters. The fraction of sp³-hybridized carbons (Fsp3) is 0.643. The molecule has 1 aromatic heterocycles. The van der Waals surface area contributed by atoms with Gasteiger partial charge < -0.3 is 4.74 Å². The highest BCUT2D eigenvalue weighted by molar-refractivity contribution is 5.79. The minimum absolute atomic E-state index is 0.118. The molecule has 6 atom stereocenters. The van der Waals surface area contributed by atoms with Crippen molar-refractivity contribution in [1.82, 2.24) is 4.98 Å². The molecule has 1 aromatic rings. The Bertz CT molecular complexity index is 946. The van der Waals surface area contributed by atoms with Crippen molar-refractivity contribution in [3.63, 3.8) is 0 Å². The van der Waals surface area contributed by atoms with E-state index in [1.165, 1.54) is 48.8 Å². The Balaban J connectivity index is 1.40. The molecule has 3 nitrogen and oxygen atoms in total. The molecule has 0 radical (unpaired) electrons. The summed E-state index contributed by atoms with van der Waals surface area (Å²) in [7, 11) is 0. The SMILES string of the molecule is CCc1ccncc1C1=CC=C2C3CCC4C[C@@H](OC(C)=O)CC[C@]4(C)C3CC[C@]12C. The Morgan fingerprint density at radius 3 is 2.77 bits per heavy atom. The van der Waals surface area contributed by atoms with Crippen molar-refractivity contribution in [2.75, 3.05) is 0 Å². The number of nitrogens with zero attached hydrogens (tertiary/aromatic N) is 1. The topological polar surface area (TPSA) is 39.2 Å². The zero-order valence-corrected chi connectivity index (χ0v) is 19.6. The van der Waals surface area contributed by atoms with Gasteiger partial charge in [0.05, 0.1) is 0 Å². The molecule has 3 fully saturated rings. The molecule has 3 saturated carbocycles. The minimum Gasteiger partial charge on any atom is -0.463 e. The number of fused-ring (bicyclic) bond motifs is 5. The van der Waals surface area contributed by atoms with Gasteiger partial charge in [0.25, 0.3) is 0 Å². The van der Waals surface area contributed by atoms with Crippen molar-refractivity contribution in [2.24, 2.45) is 28.6 Å². The summed E-state index contributed by atoms with van der Waals surface area (Å²) in [4.78, 5) is 16.0. The Morgan fingerprint density at radius 1 is 1.16 bits per heavy atom. The third-order valence-electron chi connectivity index (χ3n) is 9.57. The van der Waals surface area contributed by atoms with Crippen molar-refractivity contribution >= 4 is 11.5 Å². The molecule has 0 aromatic carbocycles. The van der Waals surface area contributed by atoms with E-state index in [-0.39, 0.29) is 17.5 Å². The molecule has 0 N–H and O–H groups in total. The molecular formula is C28H37NO2. The lowest BCUT2D eigenvalue weighted by Gasteiger charge is -2.59. The van der Waals surface area contributed by atoms with Gasteiger partial charge in [-0.15, -0.1) is 0 Å². The van der Waals surface area contributed by atoms with E-state index in [2.05, 4.69) is 50.2 Å². The largest absolute Gasteiger partial charge is 0.463 e. The summed E-state index contributed by atoms with van der Waals surface area (Å²) in [6, 6.07) is 2.19. The molecule has 3 heteroatoms. The van der Waals surface area contributed by atoms with Crippen LogP contribution in [0.3, 0.4) is 0 Å². The second-order valence-electron chi connectivity index (χ2n) is 11.0. The van der Waals surface area contributed by atoms with E-state index in [1.807, 2.05) is 6.20 Å². The van der Waals surface area contributed by atoms with Crippen LogP contribution in [-0.2, 0) is 16.0 Å². The summed E-state index contributed by atoms with van der Waals surface area (Å²) < 4.78 is 5.63. The average molecular weight is 420 g/mol. The Hall–Kier alpha value is -1.90. The van der Waals surface area contributed by atoms with Crippen molar-refractivity contribution in [1.29, 1.82) is 0 Å². The van der Waals surface area contributed by atoms with Crippen molar-refractivity contribution in [2.45, 2.75) is 85.2 Å². The quantitative estimate of drug-likeness (QED) is 0.523. The molecule has 0 spiro atoms. The van der Waals surface area contributed by atoms with Gasteiger partial charge >= 0.3 is 5.97 Å². The van der Waals surface area contributed by atoms with Crippen LogP contribution in [0.2, 0.25) is 0 Å². The van der Waals surface area contributed by atoms with Gasteiger partial charge in [-0.05, 0) is 91.7 Å². The van der Waals surface area contributed by atoms with Crippen molar-refractivity contribution < 1.29 is 9.53 Å². The molecule has 5 rings (SSSR count). The average Bonchev–Trinajstić information content (AvgIpc) is 3.10. The predicted molar refractivity (Wildman–Crippen MR) is 124 cm³/mol. The number of aryl methyl sites for hydroxylation is 1. The molecule has 166 valence electrons. The van der Waals surface area contributed by atoms with Crippen LogP contribution in [-0.4, -0.2) is 17.1 Å². The third kappa shape index (κ3) is 3.22. The summed E-state index contributed by atoms with van der Waals surface area (Å²) in [6.07, 6.45) is 18.5. The Morgan fingerprint density at radius 2 is 2.00 bits per heavy atom. The van der Waals surface area contributed by atoms with Crippen LogP contribution in [0.1, 0.15) is 83.8 Å². The van der Waals surface area contributed by atoms with Gasteiger partial charge in [-0.2, -0.15) is 0 Å². The summed E-state index contributed by atoms with van der Waals surface area (Å²) in [5.41, 5.74) is 6.50. The van der Waals surface area contributed by atoms with Gasteiger partial charge in [0, 0.05) is 30.3 Å². The lowest BCUT2D eigenvalue weighted by atomic mass is 9.46. The normalized spacial score (nSPS) is 39.0. The molecule has 4 aliphatic rings. The number of rotatable bonds is 3.